The summed E-state index contributed by atoms with van der Waals surface area (Å²) in [5.74, 6) is 2.14. The molecule has 0 N–H and O–H groups in total. The lowest BCUT2D eigenvalue weighted by molar-refractivity contribution is 0.111. The van der Waals surface area contributed by atoms with Crippen molar-refractivity contribution < 1.29 is 14.3 Å². The summed E-state index contributed by atoms with van der Waals surface area (Å²) in [5.41, 5.74) is 3.50. The standard InChI is InChI=1S/C18H16N2O3S/c1-10-2-4-12-16(6-10)24-18-19-17(13(8-21)20(12)18)11-3-5-14-15(7-11)23-9-22-14/h3,5,7-8,10H,2,4,6,9H2,1H3. The van der Waals surface area contributed by atoms with Gasteiger partial charge in [0.1, 0.15) is 11.4 Å². The van der Waals surface area contributed by atoms with Gasteiger partial charge in [0.15, 0.2) is 22.7 Å². The van der Waals surface area contributed by atoms with Crippen LogP contribution in [0.15, 0.2) is 18.2 Å². The Labute approximate surface area is 142 Å². The summed E-state index contributed by atoms with van der Waals surface area (Å²) in [4.78, 5) is 18.9. The van der Waals surface area contributed by atoms with E-state index in [2.05, 4.69) is 11.3 Å². The summed E-state index contributed by atoms with van der Waals surface area (Å²) in [6.07, 6.45) is 4.18. The molecular formula is C18H16N2O3S. The Bertz CT molecular complexity index is 972. The number of benzene rings is 1. The molecule has 0 amide bonds. The molecule has 1 aliphatic heterocycles. The van der Waals surface area contributed by atoms with Crippen molar-refractivity contribution in [2.24, 2.45) is 5.92 Å². The third-order valence-electron chi connectivity index (χ3n) is 4.85. The molecule has 1 unspecified atom stereocenters. The lowest BCUT2D eigenvalue weighted by atomic mass is 9.93. The van der Waals surface area contributed by atoms with Crippen LogP contribution in [0.1, 0.15) is 34.4 Å². The first-order valence-electron chi connectivity index (χ1n) is 8.13. The third kappa shape index (κ3) is 1.92. The average molecular weight is 340 g/mol. The molecule has 6 heteroatoms. The molecular weight excluding hydrogens is 324 g/mol. The number of hydrogen-bond donors (Lipinski definition) is 0. The third-order valence-corrected chi connectivity index (χ3v) is 5.96. The van der Waals surface area contributed by atoms with Crippen LogP contribution in [-0.4, -0.2) is 22.5 Å². The molecule has 3 heterocycles. The quantitative estimate of drug-likeness (QED) is 0.667. The molecule has 0 saturated heterocycles. The van der Waals surface area contributed by atoms with Crippen LogP contribution in [0.3, 0.4) is 0 Å². The number of aromatic nitrogens is 2. The monoisotopic (exact) mass is 340 g/mol. The minimum absolute atomic E-state index is 0.239. The van der Waals surface area contributed by atoms with E-state index in [1.807, 2.05) is 18.2 Å². The van der Waals surface area contributed by atoms with Crippen LogP contribution in [0.25, 0.3) is 16.2 Å². The lowest BCUT2D eigenvalue weighted by Crippen LogP contribution is -2.11. The number of aldehydes is 1. The first-order valence-corrected chi connectivity index (χ1v) is 8.94. The molecule has 1 aromatic carbocycles. The van der Waals surface area contributed by atoms with Gasteiger partial charge in [0.25, 0.3) is 0 Å². The molecule has 0 radical (unpaired) electrons. The van der Waals surface area contributed by atoms with E-state index in [-0.39, 0.29) is 6.79 Å². The van der Waals surface area contributed by atoms with Crippen molar-refractivity contribution in [3.05, 3.63) is 34.5 Å². The zero-order valence-corrected chi connectivity index (χ0v) is 14.1. The summed E-state index contributed by atoms with van der Waals surface area (Å²) >= 11 is 1.71. The summed E-state index contributed by atoms with van der Waals surface area (Å²) in [6, 6.07) is 5.70. The number of fused-ring (bicyclic) bond motifs is 4. The van der Waals surface area contributed by atoms with Gasteiger partial charge in [-0.05, 0) is 43.4 Å². The largest absolute Gasteiger partial charge is 0.454 e. The summed E-state index contributed by atoms with van der Waals surface area (Å²) in [7, 11) is 0. The number of nitrogens with zero attached hydrogens (tertiary/aromatic N) is 2. The van der Waals surface area contributed by atoms with E-state index in [4.69, 9.17) is 14.5 Å². The maximum absolute atomic E-state index is 11.8. The first kappa shape index (κ1) is 14.0. The van der Waals surface area contributed by atoms with Gasteiger partial charge in [0.05, 0.1) is 0 Å². The Balaban J connectivity index is 1.70. The second-order valence-corrected chi connectivity index (χ2v) is 7.53. The van der Waals surface area contributed by atoms with E-state index < -0.39 is 0 Å². The number of carbonyl (C=O) groups is 1. The molecule has 2 aromatic heterocycles. The van der Waals surface area contributed by atoms with Crippen LogP contribution in [-0.2, 0) is 12.8 Å². The topological polar surface area (TPSA) is 52.8 Å². The van der Waals surface area contributed by atoms with Crippen LogP contribution in [0.5, 0.6) is 11.5 Å². The SMILES string of the molecule is CC1CCc2c(sc3nc(-c4ccc5c(c4)OCO5)c(C=O)n23)C1. The van der Waals surface area contributed by atoms with Crippen molar-refractivity contribution in [3.63, 3.8) is 0 Å². The van der Waals surface area contributed by atoms with Gasteiger partial charge in [0, 0.05) is 16.1 Å². The minimum Gasteiger partial charge on any atom is -0.454 e. The van der Waals surface area contributed by atoms with E-state index in [0.717, 1.165) is 47.5 Å². The van der Waals surface area contributed by atoms with Crippen LogP contribution < -0.4 is 9.47 Å². The number of rotatable bonds is 2. The Morgan fingerprint density at radius 3 is 3.08 bits per heavy atom. The maximum Gasteiger partial charge on any atom is 0.231 e. The highest BCUT2D eigenvalue weighted by Crippen LogP contribution is 2.39. The van der Waals surface area contributed by atoms with E-state index in [1.54, 1.807) is 11.3 Å². The van der Waals surface area contributed by atoms with Gasteiger partial charge in [0.2, 0.25) is 6.79 Å². The minimum atomic E-state index is 0.239. The molecule has 24 heavy (non-hydrogen) atoms. The fourth-order valence-electron chi connectivity index (χ4n) is 3.61. The number of imidazole rings is 1. The van der Waals surface area contributed by atoms with Crippen molar-refractivity contribution in [1.29, 1.82) is 0 Å². The van der Waals surface area contributed by atoms with Crippen molar-refractivity contribution in [2.75, 3.05) is 6.79 Å². The Morgan fingerprint density at radius 2 is 2.21 bits per heavy atom. The number of aryl methyl sites for hydroxylation is 1. The van der Waals surface area contributed by atoms with Gasteiger partial charge < -0.3 is 9.47 Å². The fourth-order valence-corrected chi connectivity index (χ4v) is 4.95. The number of thiazole rings is 1. The second kappa shape index (κ2) is 5.08. The maximum atomic E-state index is 11.8. The molecule has 5 rings (SSSR count). The molecule has 1 atom stereocenters. The fraction of sp³-hybridized carbons (Fsp3) is 0.333. The lowest BCUT2D eigenvalue weighted by Gasteiger charge is -2.17. The summed E-state index contributed by atoms with van der Waals surface area (Å²) in [5, 5.41) is 0. The number of carbonyl (C=O) groups excluding carboxylic acids is 1. The van der Waals surface area contributed by atoms with E-state index in [1.165, 1.54) is 10.6 Å². The van der Waals surface area contributed by atoms with E-state index >= 15 is 0 Å². The number of hydrogen-bond acceptors (Lipinski definition) is 5. The normalized spacial score (nSPS) is 18.8. The van der Waals surface area contributed by atoms with Gasteiger partial charge in [-0.1, -0.05) is 6.92 Å². The molecule has 122 valence electrons. The summed E-state index contributed by atoms with van der Waals surface area (Å²) < 4.78 is 12.9. The highest BCUT2D eigenvalue weighted by Gasteiger charge is 2.26. The van der Waals surface area contributed by atoms with Crippen molar-refractivity contribution >= 4 is 22.6 Å². The van der Waals surface area contributed by atoms with Crippen LogP contribution >= 0.6 is 11.3 Å². The average Bonchev–Trinajstić information content (AvgIpc) is 3.25. The first-order chi connectivity index (χ1) is 11.7. The van der Waals surface area contributed by atoms with Crippen LogP contribution in [0.2, 0.25) is 0 Å². The van der Waals surface area contributed by atoms with Gasteiger partial charge in [-0.15, -0.1) is 11.3 Å². The molecule has 2 aliphatic rings. The van der Waals surface area contributed by atoms with Gasteiger partial charge in [-0.3, -0.25) is 9.20 Å². The number of ether oxygens (including phenoxy) is 2. The van der Waals surface area contributed by atoms with Crippen molar-refractivity contribution in [2.45, 2.75) is 26.2 Å². The van der Waals surface area contributed by atoms with E-state index in [0.29, 0.717) is 17.4 Å². The molecule has 1 aliphatic carbocycles. The molecule has 5 nitrogen and oxygen atoms in total. The van der Waals surface area contributed by atoms with Gasteiger partial charge in [-0.25, -0.2) is 4.98 Å². The molecule has 0 spiro atoms. The van der Waals surface area contributed by atoms with Gasteiger partial charge >= 0.3 is 0 Å². The van der Waals surface area contributed by atoms with Crippen LogP contribution in [0.4, 0.5) is 0 Å². The smallest absolute Gasteiger partial charge is 0.231 e. The predicted octanol–water partition coefficient (Wildman–Crippen LogP) is 3.73. The van der Waals surface area contributed by atoms with Crippen molar-refractivity contribution in [3.8, 4) is 22.8 Å². The molecule has 0 bridgehead atoms. The highest BCUT2D eigenvalue weighted by atomic mass is 32.1. The van der Waals surface area contributed by atoms with E-state index in [9.17, 15) is 4.79 Å². The van der Waals surface area contributed by atoms with Crippen LogP contribution in [0, 0.1) is 5.92 Å². The Morgan fingerprint density at radius 1 is 1.33 bits per heavy atom. The molecule has 0 fully saturated rings. The summed E-state index contributed by atoms with van der Waals surface area (Å²) in [6.45, 7) is 2.52. The predicted molar refractivity (Wildman–Crippen MR) is 91.2 cm³/mol. The zero-order valence-electron chi connectivity index (χ0n) is 13.2. The zero-order chi connectivity index (χ0) is 16.3. The highest BCUT2D eigenvalue weighted by molar-refractivity contribution is 7.17. The second-order valence-electron chi connectivity index (χ2n) is 6.47. The Kier molecular flexibility index (Phi) is 2.97. The van der Waals surface area contributed by atoms with Gasteiger partial charge in [-0.2, -0.15) is 0 Å². The Hall–Kier alpha value is -2.34. The van der Waals surface area contributed by atoms with Crippen molar-refractivity contribution in [1.82, 2.24) is 9.38 Å². The molecule has 0 saturated carbocycles. The molecule has 3 aromatic rings.